The number of ether oxygens (including phenoxy) is 1. The predicted molar refractivity (Wildman–Crippen MR) is 85.4 cm³/mol. The highest BCUT2D eigenvalue weighted by atomic mass is 35.5. The third kappa shape index (κ3) is 3.75. The number of aromatic nitrogens is 1. The molecule has 0 atom stereocenters. The van der Waals surface area contributed by atoms with Gasteiger partial charge in [-0.05, 0) is 37.1 Å². The van der Waals surface area contributed by atoms with Gasteiger partial charge in [0.2, 0.25) is 0 Å². The van der Waals surface area contributed by atoms with Gasteiger partial charge in [-0.3, -0.25) is 0 Å². The summed E-state index contributed by atoms with van der Waals surface area (Å²) in [5.41, 5.74) is 2.55. The summed E-state index contributed by atoms with van der Waals surface area (Å²) in [6.45, 7) is 5.87. The van der Waals surface area contributed by atoms with Crippen molar-refractivity contribution in [2.75, 3.05) is 20.3 Å². The van der Waals surface area contributed by atoms with Crippen molar-refractivity contribution in [2.24, 2.45) is 0 Å². The van der Waals surface area contributed by atoms with Gasteiger partial charge >= 0.3 is 0 Å². The molecule has 0 radical (unpaired) electrons. The second kappa shape index (κ2) is 7.67. The first-order valence-electron chi connectivity index (χ1n) is 7.23. The van der Waals surface area contributed by atoms with E-state index in [4.69, 9.17) is 16.3 Å². The molecule has 0 bridgehead atoms. The van der Waals surface area contributed by atoms with Gasteiger partial charge in [-0.15, -0.1) is 0 Å². The van der Waals surface area contributed by atoms with Crippen LogP contribution in [0.1, 0.15) is 25.3 Å². The molecule has 1 N–H and O–H groups in total. The number of halogens is 1. The van der Waals surface area contributed by atoms with E-state index in [1.807, 2.05) is 12.1 Å². The molecule has 1 aromatic carbocycles. The molecule has 0 saturated carbocycles. The molecule has 0 aliphatic heterocycles. The largest absolute Gasteiger partial charge is 0.385 e. The molecular weight excluding hydrogens is 272 g/mol. The maximum absolute atomic E-state index is 6.13. The van der Waals surface area contributed by atoms with Crippen molar-refractivity contribution in [3.8, 4) is 0 Å². The van der Waals surface area contributed by atoms with E-state index in [-0.39, 0.29) is 0 Å². The quantitative estimate of drug-likeness (QED) is 0.749. The van der Waals surface area contributed by atoms with E-state index in [1.165, 1.54) is 16.5 Å². The van der Waals surface area contributed by atoms with Gasteiger partial charge in [-0.25, -0.2) is 0 Å². The van der Waals surface area contributed by atoms with Crippen molar-refractivity contribution in [2.45, 2.75) is 32.9 Å². The summed E-state index contributed by atoms with van der Waals surface area (Å²) >= 11 is 6.13. The Morgan fingerprint density at radius 2 is 2.20 bits per heavy atom. The van der Waals surface area contributed by atoms with Gasteiger partial charge in [-0.1, -0.05) is 24.6 Å². The summed E-state index contributed by atoms with van der Waals surface area (Å²) in [5, 5.41) is 5.54. The predicted octanol–water partition coefficient (Wildman–Crippen LogP) is 3.83. The van der Waals surface area contributed by atoms with Crippen LogP contribution in [0, 0.1) is 0 Å². The van der Waals surface area contributed by atoms with Crippen molar-refractivity contribution < 1.29 is 4.74 Å². The smallest absolute Gasteiger partial charge is 0.0498 e. The minimum Gasteiger partial charge on any atom is -0.385 e. The standard InChI is InChI=1S/C16H23ClN2O/c1-3-7-18-11-13-12-19(8-4-9-20-2)16-10-14(17)5-6-15(13)16/h5-6,10,12,18H,3-4,7-9,11H2,1-2H3. The molecule has 3 nitrogen and oxygen atoms in total. The van der Waals surface area contributed by atoms with Crippen LogP contribution in [0.3, 0.4) is 0 Å². The topological polar surface area (TPSA) is 26.2 Å². The number of hydrogen-bond acceptors (Lipinski definition) is 2. The Morgan fingerprint density at radius 3 is 2.95 bits per heavy atom. The van der Waals surface area contributed by atoms with E-state index in [0.29, 0.717) is 0 Å². The van der Waals surface area contributed by atoms with Crippen LogP contribution in [-0.4, -0.2) is 24.8 Å². The van der Waals surface area contributed by atoms with Crippen LogP contribution in [0.5, 0.6) is 0 Å². The van der Waals surface area contributed by atoms with Gasteiger partial charge in [0, 0.05) is 48.9 Å². The second-order valence-corrected chi connectivity index (χ2v) is 5.47. The zero-order valence-electron chi connectivity index (χ0n) is 12.3. The van der Waals surface area contributed by atoms with Crippen molar-refractivity contribution in [3.63, 3.8) is 0 Å². The van der Waals surface area contributed by atoms with Gasteiger partial charge < -0.3 is 14.6 Å². The normalized spacial score (nSPS) is 11.3. The number of nitrogens with one attached hydrogen (secondary N) is 1. The lowest BCUT2D eigenvalue weighted by molar-refractivity contribution is 0.190. The fourth-order valence-electron chi connectivity index (χ4n) is 2.45. The van der Waals surface area contributed by atoms with Crippen molar-refractivity contribution in [3.05, 3.63) is 35.0 Å². The van der Waals surface area contributed by atoms with Crippen molar-refractivity contribution in [1.82, 2.24) is 9.88 Å². The Bertz CT molecular complexity index is 551. The monoisotopic (exact) mass is 294 g/mol. The molecule has 0 spiro atoms. The lowest BCUT2D eigenvalue weighted by Gasteiger charge is -2.04. The lowest BCUT2D eigenvalue weighted by atomic mass is 10.2. The molecule has 1 heterocycles. The van der Waals surface area contributed by atoms with Gasteiger partial charge in [0.1, 0.15) is 0 Å². The molecule has 2 aromatic rings. The van der Waals surface area contributed by atoms with E-state index in [9.17, 15) is 0 Å². The Kier molecular flexibility index (Phi) is 5.89. The SMILES string of the molecule is CCCNCc1cn(CCCOC)c2cc(Cl)ccc12. The summed E-state index contributed by atoms with van der Waals surface area (Å²) in [5.74, 6) is 0. The van der Waals surface area contributed by atoms with Gasteiger partial charge in [0.25, 0.3) is 0 Å². The van der Waals surface area contributed by atoms with Crippen LogP contribution in [0.4, 0.5) is 0 Å². The molecule has 0 unspecified atom stereocenters. The molecule has 0 fully saturated rings. The van der Waals surface area contributed by atoms with Crippen molar-refractivity contribution >= 4 is 22.5 Å². The second-order valence-electron chi connectivity index (χ2n) is 5.03. The summed E-state index contributed by atoms with van der Waals surface area (Å²) < 4.78 is 7.41. The summed E-state index contributed by atoms with van der Waals surface area (Å²) in [6.07, 6.45) is 4.40. The number of rotatable bonds is 8. The van der Waals surface area contributed by atoms with Crippen LogP contribution in [-0.2, 0) is 17.8 Å². The highest BCUT2D eigenvalue weighted by Crippen LogP contribution is 2.25. The minimum absolute atomic E-state index is 0.781. The zero-order chi connectivity index (χ0) is 14.4. The van der Waals surface area contributed by atoms with Gasteiger partial charge in [-0.2, -0.15) is 0 Å². The third-order valence-electron chi connectivity index (χ3n) is 3.42. The summed E-state index contributed by atoms with van der Waals surface area (Å²) in [4.78, 5) is 0. The third-order valence-corrected chi connectivity index (χ3v) is 3.65. The maximum atomic E-state index is 6.13. The first-order valence-corrected chi connectivity index (χ1v) is 7.61. The molecule has 0 saturated heterocycles. The fraction of sp³-hybridized carbons (Fsp3) is 0.500. The zero-order valence-corrected chi connectivity index (χ0v) is 13.0. The number of nitrogens with zero attached hydrogens (tertiary/aromatic N) is 1. The average molecular weight is 295 g/mol. The van der Waals surface area contributed by atoms with Crippen LogP contribution < -0.4 is 5.32 Å². The maximum Gasteiger partial charge on any atom is 0.0498 e. The number of benzene rings is 1. The molecule has 2 rings (SSSR count). The minimum atomic E-state index is 0.781. The first kappa shape index (κ1) is 15.4. The fourth-order valence-corrected chi connectivity index (χ4v) is 2.61. The number of hydrogen-bond donors (Lipinski definition) is 1. The average Bonchev–Trinajstić information content (AvgIpc) is 2.77. The Labute approximate surface area is 125 Å². The molecular formula is C16H23ClN2O. The number of fused-ring (bicyclic) bond motifs is 1. The summed E-state index contributed by atoms with van der Waals surface area (Å²) in [7, 11) is 1.74. The summed E-state index contributed by atoms with van der Waals surface area (Å²) in [6, 6.07) is 6.13. The van der Waals surface area contributed by atoms with E-state index in [0.717, 1.165) is 44.1 Å². The van der Waals surface area contributed by atoms with E-state index >= 15 is 0 Å². The Morgan fingerprint density at radius 1 is 1.35 bits per heavy atom. The van der Waals surface area contributed by atoms with Crippen molar-refractivity contribution in [1.29, 1.82) is 0 Å². The van der Waals surface area contributed by atoms with E-state index in [1.54, 1.807) is 7.11 Å². The van der Waals surface area contributed by atoms with Gasteiger partial charge in [0.05, 0.1) is 0 Å². The molecule has 20 heavy (non-hydrogen) atoms. The highest BCUT2D eigenvalue weighted by molar-refractivity contribution is 6.31. The molecule has 4 heteroatoms. The first-order chi connectivity index (χ1) is 9.76. The van der Waals surface area contributed by atoms with Crippen LogP contribution in [0.25, 0.3) is 10.9 Å². The van der Waals surface area contributed by atoms with Crippen LogP contribution in [0.15, 0.2) is 24.4 Å². The van der Waals surface area contributed by atoms with Crippen LogP contribution >= 0.6 is 11.6 Å². The molecule has 0 aliphatic carbocycles. The van der Waals surface area contributed by atoms with Crippen LogP contribution in [0.2, 0.25) is 5.02 Å². The Balaban J connectivity index is 2.23. The molecule has 1 aromatic heterocycles. The molecule has 0 aliphatic rings. The molecule has 110 valence electrons. The van der Waals surface area contributed by atoms with E-state index < -0.39 is 0 Å². The number of aryl methyl sites for hydroxylation is 1. The Hall–Kier alpha value is -1.03. The lowest BCUT2D eigenvalue weighted by Crippen LogP contribution is -2.13. The van der Waals surface area contributed by atoms with Gasteiger partial charge in [0.15, 0.2) is 0 Å². The van der Waals surface area contributed by atoms with E-state index in [2.05, 4.69) is 29.1 Å². The molecule has 0 amide bonds. The number of methoxy groups -OCH3 is 1. The highest BCUT2D eigenvalue weighted by Gasteiger charge is 2.08.